The van der Waals surface area contributed by atoms with Crippen LogP contribution in [0.4, 0.5) is 0 Å². The van der Waals surface area contributed by atoms with Crippen LogP contribution in [-0.4, -0.2) is 41.9 Å². The first-order valence-corrected chi connectivity index (χ1v) is 10.4. The fourth-order valence-electron chi connectivity index (χ4n) is 3.25. The molecule has 1 N–H and O–H groups in total. The summed E-state index contributed by atoms with van der Waals surface area (Å²) in [5.74, 6) is 0.530. The molecule has 0 aliphatic carbocycles. The zero-order valence-electron chi connectivity index (χ0n) is 16.2. The molecule has 0 spiro atoms. The average molecular weight is 435 g/mol. The molecule has 0 bridgehead atoms. The van der Waals surface area contributed by atoms with Crippen molar-refractivity contribution in [2.24, 2.45) is 0 Å². The minimum Gasteiger partial charge on any atom is -0.481 e. The van der Waals surface area contributed by atoms with Crippen molar-refractivity contribution >= 4 is 35.0 Å². The van der Waals surface area contributed by atoms with Gasteiger partial charge in [-0.3, -0.25) is 9.59 Å². The standard InChI is InChI=1S/C22H24Cl2N2O3/c1-15(29-20-8-6-18(24)7-9-20)22(28)25-19-10-12-26(13-11-19)21(27)14-16-2-4-17(23)5-3-16/h2-9,15,19H,10-14H2,1H3,(H,25,28). The summed E-state index contributed by atoms with van der Waals surface area (Å²) < 4.78 is 5.66. The molecule has 2 aromatic carbocycles. The second-order valence-corrected chi connectivity index (χ2v) is 8.05. The van der Waals surface area contributed by atoms with Crippen LogP contribution in [0.2, 0.25) is 10.0 Å². The summed E-state index contributed by atoms with van der Waals surface area (Å²) in [7, 11) is 0. The van der Waals surface area contributed by atoms with Gasteiger partial charge in [0.1, 0.15) is 5.75 Å². The third kappa shape index (κ3) is 6.38. The highest BCUT2D eigenvalue weighted by Crippen LogP contribution is 2.18. The molecular formula is C22H24Cl2N2O3. The molecular weight excluding hydrogens is 411 g/mol. The topological polar surface area (TPSA) is 58.6 Å². The van der Waals surface area contributed by atoms with E-state index in [4.69, 9.17) is 27.9 Å². The lowest BCUT2D eigenvalue weighted by molar-refractivity contribution is -0.132. The number of carbonyl (C=O) groups excluding carboxylic acids is 2. The smallest absolute Gasteiger partial charge is 0.260 e. The second kappa shape index (κ2) is 9.99. The minimum absolute atomic E-state index is 0.0401. The summed E-state index contributed by atoms with van der Waals surface area (Å²) >= 11 is 11.7. The molecule has 7 heteroatoms. The Morgan fingerprint density at radius 1 is 1.03 bits per heavy atom. The molecule has 1 aliphatic heterocycles. The van der Waals surface area contributed by atoms with E-state index in [2.05, 4.69) is 5.32 Å². The molecule has 1 fully saturated rings. The molecule has 2 aromatic rings. The van der Waals surface area contributed by atoms with Gasteiger partial charge in [0.2, 0.25) is 5.91 Å². The molecule has 1 aliphatic rings. The van der Waals surface area contributed by atoms with E-state index in [9.17, 15) is 9.59 Å². The van der Waals surface area contributed by atoms with Gasteiger partial charge in [-0.15, -0.1) is 0 Å². The monoisotopic (exact) mass is 434 g/mol. The Morgan fingerprint density at radius 3 is 2.17 bits per heavy atom. The second-order valence-electron chi connectivity index (χ2n) is 7.18. The number of piperidine rings is 1. The number of likely N-dealkylation sites (tertiary alicyclic amines) is 1. The van der Waals surface area contributed by atoms with Crippen molar-refractivity contribution in [3.8, 4) is 5.75 Å². The van der Waals surface area contributed by atoms with Gasteiger partial charge in [0.15, 0.2) is 6.10 Å². The summed E-state index contributed by atoms with van der Waals surface area (Å²) in [5, 5.41) is 4.30. The highest BCUT2D eigenvalue weighted by atomic mass is 35.5. The number of carbonyl (C=O) groups is 2. The van der Waals surface area contributed by atoms with Crippen LogP contribution in [0.15, 0.2) is 48.5 Å². The molecule has 2 amide bonds. The predicted octanol–water partition coefficient (Wildman–Crippen LogP) is 4.11. The molecule has 29 heavy (non-hydrogen) atoms. The number of benzene rings is 2. The number of nitrogens with one attached hydrogen (secondary N) is 1. The first-order chi connectivity index (χ1) is 13.9. The van der Waals surface area contributed by atoms with Gasteiger partial charge in [-0.05, 0) is 61.7 Å². The van der Waals surface area contributed by atoms with Gasteiger partial charge in [0.05, 0.1) is 6.42 Å². The van der Waals surface area contributed by atoms with Gasteiger partial charge >= 0.3 is 0 Å². The van der Waals surface area contributed by atoms with Crippen molar-refractivity contribution in [3.63, 3.8) is 0 Å². The molecule has 154 valence electrons. The maximum absolute atomic E-state index is 12.5. The Hall–Kier alpha value is -2.24. The van der Waals surface area contributed by atoms with Crippen LogP contribution in [0.5, 0.6) is 5.75 Å². The fourth-order valence-corrected chi connectivity index (χ4v) is 3.50. The van der Waals surface area contributed by atoms with Crippen LogP contribution in [0.1, 0.15) is 25.3 Å². The normalized spacial score (nSPS) is 15.6. The third-order valence-electron chi connectivity index (χ3n) is 4.96. The lowest BCUT2D eigenvalue weighted by Crippen LogP contribution is -2.49. The van der Waals surface area contributed by atoms with E-state index < -0.39 is 6.10 Å². The number of amides is 2. The molecule has 1 saturated heterocycles. The summed E-state index contributed by atoms with van der Waals surface area (Å²) in [6.07, 6.45) is 1.21. The van der Waals surface area contributed by atoms with E-state index in [0.29, 0.717) is 35.3 Å². The van der Waals surface area contributed by atoms with Crippen LogP contribution in [0.3, 0.4) is 0 Å². The summed E-state index contributed by atoms with van der Waals surface area (Å²) in [6, 6.07) is 14.3. The van der Waals surface area contributed by atoms with E-state index in [1.54, 1.807) is 43.3 Å². The fraction of sp³-hybridized carbons (Fsp3) is 0.364. The Balaban J connectivity index is 1.42. The van der Waals surface area contributed by atoms with Gasteiger partial charge in [-0.1, -0.05) is 35.3 Å². The molecule has 0 aromatic heterocycles. The Morgan fingerprint density at radius 2 is 1.59 bits per heavy atom. The van der Waals surface area contributed by atoms with Crippen LogP contribution < -0.4 is 10.1 Å². The van der Waals surface area contributed by atoms with E-state index in [0.717, 1.165) is 18.4 Å². The largest absolute Gasteiger partial charge is 0.481 e. The van der Waals surface area contributed by atoms with Crippen molar-refractivity contribution in [2.75, 3.05) is 13.1 Å². The van der Waals surface area contributed by atoms with Gasteiger partial charge in [0, 0.05) is 29.2 Å². The van der Waals surface area contributed by atoms with Crippen molar-refractivity contribution in [1.82, 2.24) is 10.2 Å². The highest BCUT2D eigenvalue weighted by molar-refractivity contribution is 6.30. The number of halogens is 2. The third-order valence-corrected chi connectivity index (χ3v) is 5.46. The van der Waals surface area contributed by atoms with Gasteiger partial charge in [-0.25, -0.2) is 0 Å². The lowest BCUT2D eigenvalue weighted by atomic mass is 10.0. The van der Waals surface area contributed by atoms with Crippen LogP contribution in [0.25, 0.3) is 0 Å². The molecule has 0 radical (unpaired) electrons. The zero-order chi connectivity index (χ0) is 20.8. The zero-order valence-corrected chi connectivity index (χ0v) is 17.7. The van der Waals surface area contributed by atoms with Crippen LogP contribution in [-0.2, 0) is 16.0 Å². The van der Waals surface area contributed by atoms with Gasteiger partial charge in [0.25, 0.3) is 5.91 Å². The summed E-state index contributed by atoms with van der Waals surface area (Å²) in [4.78, 5) is 26.8. The quantitative estimate of drug-likeness (QED) is 0.743. The molecule has 1 heterocycles. The highest BCUT2D eigenvalue weighted by Gasteiger charge is 2.25. The van der Waals surface area contributed by atoms with Crippen molar-refractivity contribution < 1.29 is 14.3 Å². The Bertz CT molecular complexity index is 832. The lowest BCUT2D eigenvalue weighted by Gasteiger charge is -2.33. The van der Waals surface area contributed by atoms with Crippen molar-refractivity contribution in [2.45, 2.75) is 38.3 Å². The molecule has 0 saturated carbocycles. The molecule has 3 rings (SSSR count). The number of hydrogen-bond acceptors (Lipinski definition) is 3. The average Bonchev–Trinajstić information content (AvgIpc) is 2.72. The van der Waals surface area contributed by atoms with E-state index in [1.807, 2.05) is 17.0 Å². The van der Waals surface area contributed by atoms with Crippen LogP contribution in [0, 0.1) is 0 Å². The van der Waals surface area contributed by atoms with Gasteiger partial charge in [-0.2, -0.15) is 0 Å². The van der Waals surface area contributed by atoms with E-state index in [1.165, 1.54) is 0 Å². The van der Waals surface area contributed by atoms with Crippen LogP contribution >= 0.6 is 23.2 Å². The molecule has 1 unspecified atom stereocenters. The predicted molar refractivity (Wildman–Crippen MR) is 114 cm³/mol. The Labute approximate surface area is 180 Å². The van der Waals surface area contributed by atoms with Crippen molar-refractivity contribution in [1.29, 1.82) is 0 Å². The maximum atomic E-state index is 12.5. The SMILES string of the molecule is CC(Oc1ccc(Cl)cc1)C(=O)NC1CCN(C(=O)Cc2ccc(Cl)cc2)CC1. The molecule has 5 nitrogen and oxygen atoms in total. The number of ether oxygens (including phenoxy) is 1. The number of rotatable bonds is 6. The minimum atomic E-state index is -0.610. The number of nitrogens with zero attached hydrogens (tertiary/aromatic N) is 1. The van der Waals surface area contributed by atoms with E-state index >= 15 is 0 Å². The van der Waals surface area contributed by atoms with Crippen molar-refractivity contribution in [3.05, 3.63) is 64.1 Å². The first kappa shape index (κ1) is 21.5. The number of hydrogen-bond donors (Lipinski definition) is 1. The Kier molecular flexibility index (Phi) is 7.40. The van der Waals surface area contributed by atoms with E-state index in [-0.39, 0.29) is 17.9 Å². The maximum Gasteiger partial charge on any atom is 0.260 e. The summed E-state index contributed by atoms with van der Waals surface area (Å²) in [6.45, 7) is 2.97. The first-order valence-electron chi connectivity index (χ1n) is 9.65. The molecule has 1 atom stereocenters. The van der Waals surface area contributed by atoms with Gasteiger partial charge < -0.3 is 15.0 Å². The summed E-state index contributed by atoms with van der Waals surface area (Å²) in [5.41, 5.74) is 0.947.